The molecule has 84 valence electrons. The number of hydrogen-bond acceptors (Lipinski definition) is 3. The first kappa shape index (κ1) is 10.7. The van der Waals surface area contributed by atoms with Crippen LogP contribution in [0.4, 0.5) is 0 Å². The highest BCUT2D eigenvalue weighted by Crippen LogP contribution is 2.51. The Kier molecular flexibility index (Phi) is 2.57. The molecule has 0 bridgehead atoms. The summed E-state index contributed by atoms with van der Waals surface area (Å²) in [4.78, 5) is 23.9. The highest BCUT2D eigenvalue weighted by atomic mass is 16.5. The summed E-state index contributed by atoms with van der Waals surface area (Å²) in [6.45, 7) is 4.24. The summed E-state index contributed by atoms with van der Waals surface area (Å²) in [6.07, 6.45) is 3.32. The Morgan fingerprint density at radius 1 is 1.33 bits per heavy atom. The molecule has 2 fully saturated rings. The van der Waals surface area contributed by atoms with Crippen molar-refractivity contribution in [2.24, 2.45) is 17.3 Å². The van der Waals surface area contributed by atoms with E-state index in [0.29, 0.717) is 25.4 Å². The second kappa shape index (κ2) is 3.62. The van der Waals surface area contributed by atoms with Gasteiger partial charge in [0.25, 0.3) is 0 Å². The second-order valence-electron chi connectivity index (χ2n) is 4.95. The van der Waals surface area contributed by atoms with Crippen molar-refractivity contribution < 1.29 is 14.3 Å². The van der Waals surface area contributed by atoms with Crippen molar-refractivity contribution in [3.63, 3.8) is 0 Å². The molecule has 2 saturated carbocycles. The first-order valence-corrected chi connectivity index (χ1v) is 5.81. The highest BCUT2D eigenvalue weighted by molar-refractivity contribution is 6.06. The number of esters is 1. The zero-order valence-corrected chi connectivity index (χ0v) is 9.41. The largest absolute Gasteiger partial charge is 0.465 e. The number of ether oxygens (including phenoxy) is 1. The maximum Gasteiger partial charge on any atom is 0.319 e. The molecule has 0 aromatic rings. The molecule has 2 rings (SSSR count). The maximum atomic E-state index is 12.1. The molecule has 0 atom stereocenters. The van der Waals surface area contributed by atoms with Gasteiger partial charge in [-0.05, 0) is 38.5 Å². The van der Waals surface area contributed by atoms with Gasteiger partial charge in [-0.1, -0.05) is 6.92 Å². The Morgan fingerprint density at radius 3 is 2.33 bits per heavy atom. The Bertz CT molecular complexity index is 285. The number of carbonyl (C=O) groups excluding carboxylic acids is 2. The van der Waals surface area contributed by atoms with Crippen LogP contribution in [0.2, 0.25) is 0 Å². The summed E-state index contributed by atoms with van der Waals surface area (Å²) in [5.74, 6) is 0.512. The third-order valence-corrected chi connectivity index (χ3v) is 3.48. The van der Waals surface area contributed by atoms with E-state index in [9.17, 15) is 9.59 Å². The fourth-order valence-electron chi connectivity index (χ4n) is 2.60. The molecule has 0 N–H and O–H groups in total. The molecule has 0 amide bonds. The van der Waals surface area contributed by atoms with Gasteiger partial charge in [-0.15, -0.1) is 0 Å². The van der Waals surface area contributed by atoms with Gasteiger partial charge in [0.1, 0.15) is 5.41 Å². The number of carbonyl (C=O) groups is 2. The first-order valence-electron chi connectivity index (χ1n) is 5.81. The lowest BCUT2D eigenvalue weighted by molar-refractivity contribution is -0.170. The van der Waals surface area contributed by atoms with Gasteiger partial charge in [0, 0.05) is 5.92 Å². The fourth-order valence-corrected chi connectivity index (χ4v) is 2.60. The van der Waals surface area contributed by atoms with Crippen LogP contribution < -0.4 is 0 Å². The van der Waals surface area contributed by atoms with Gasteiger partial charge in [0.2, 0.25) is 0 Å². The van der Waals surface area contributed by atoms with Crippen molar-refractivity contribution in [1.82, 2.24) is 0 Å². The zero-order chi connectivity index (χ0) is 11.1. The molecular weight excluding hydrogens is 192 g/mol. The zero-order valence-electron chi connectivity index (χ0n) is 9.41. The molecule has 0 heterocycles. The van der Waals surface area contributed by atoms with E-state index in [1.54, 1.807) is 6.92 Å². The number of rotatable bonds is 4. The number of hydrogen-bond donors (Lipinski definition) is 0. The van der Waals surface area contributed by atoms with Gasteiger partial charge in [0.05, 0.1) is 6.61 Å². The van der Waals surface area contributed by atoms with E-state index in [0.717, 1.165) is 12.8 Å². The van der Waals surface area contributed by atoms with E-state index in [-0.39, 0.29) is 17.7 Å². The van der Waals surface area contributed by atoms with E-state index in [4.69, 9.17) is 4.74 Å². The lowest BCUT2D eigenvalue weighted by atomic mass is 9.59. The Hall–Kier alpha value is -0.860. The molecule has 2 aliphatic carbocycles. The minimum absolute atomic E-state index is 0.152. The third kappa shape index (κ3) is 1.68. The van der Waals surface area contributed by atoms with Crippen molar-refractivity contribution in [1.29, 1.82) is 0 Å². The molecule has 0 aromatic carbocycles. The SMILES string of the molecule is CCOC(=O)C1(C(=O)C2CC2)CC(C)C1. The van der Waals surface area contributed by atoms with E-state index in [2.05, 4.69) is 6.92 Å². The predicted octanol–water partition coefficient (Wildman–Crippen LogP) is 1.94. The smallest absolute Gasteiger partial charge is 0.319 e. The molecule has 0 spiro atoms. The van der Waals surface area contributed by atoms with Crippen molar-refractivity contribution in [3.8, 4) is 0 Å². The lowest BCUT2D eigenvalue weighted by Crippen LogP contribution is -2.50. The van der Waals surface area contributed by atoms with Crippen molar-refractivity contribution in [3.05, 3.63) is 0 Å². The molecule has 2 aliphatic rings. The minimum atomic E-state index is -0.753. The Labute approximate surface area is 90.2 Å². The minimum Gasteiger partial charge on any atom is -0.465 e. The molecule has 0 radical (unpaired) electrons. The third-order valence-electron chi connectivity index (χ3n) is 3.48. The van der Waals surface area contributed by atoms with Gasteiger partial charge in [-0.3, -0.25) is 9.59 Å². The normalized spacial score (nSPS) is 34.4. The molecule has 0 aliphatic heterocycles. The molecule has 0 saturated heterocycles. The Balaban J connectivity index is 2.10. The average molecular weight is 210 g/mol. The second-order valence-corrected chi connectivity index (χ2v) is 4.95. The van der Waals surface area contributed by atoms with Crippen molar-refractivity contribution >= 4 is 11.8 Å². The topological polar surface area (TPSA) is 43.4 Å². The number of ketones is 1. The summed E-state index contributed by atoms with van der Waals surface area (Å²) >= 11 is 0. The summed E-state index contributed by atoms with van der Waals surface area (Å²) in [6, 6.07) is 0. The first-order chi connectivity index (χ1) is 7.10. The number of Topliss-reactive ketones (excluding diaryl/α,β-unsaturated/α-hetero) is 1. The van der Waals surface area contributed by atoms with Crippen molar-refractivity contribution in [2.75, 3.05) is 6.61 Å². The summed E-state index contributed by atoms with van der Waals surface area (Å²) < 4.78 is 5.04. The van der Waals surface area contributed by atoms with Crippen LogP contribution >= 0.6 is 0 Å². The molecule has 3 nitrogen and oxygen atoms in total. The summed E-state index contributed by atoms with van der Waals surface area (Å²) in [5.41, 5.74) is -0.753. The summed E-state index contributed by atoms with van der Waals surface area (Å²) in [7, 11) is 0. The van der Waals surface area contributed by atoms with Gasteiger partial charge >= 0.3 is 5.97 Å². The quantitative estimate of drug-likeness (QED) is 0.526. The average Bonchev–Trinajstić information content (AvgIpc) is 2.94. The van der Waals surface area contributed by atoms with Crippen LogP contribution in [-0.4, -0.2) is 18.4 Å². The van der Waals surface area contributed by atoms with Crippen LogP contribution in [0.5, 0.6) is 0 Å². The fraction of sp³-hybridized carbons (Fsp3) is 0.833. The van der Waals surface area contributed by atoms with Crippen LogP contribution in [-0.2, 0) is 14.3 Å². The maximum absolute atomic E-state index is 12.1. The van der Waals surface area contributed by atoms with E-state index in [1.807, 2.05) is 0 Å². The van der Waals surface area contributed by atoms with Crippen molar-refractivity contribution in [2.45, 2.75) is 39.5 Å². The van der Waals surface area contributed by atoms with Gasteiger partial charge in [-0.2, -0.15) is 0 Å². The van der Waals surface area contributed by atoms with Crippen LogP contribution in [0.3, 0.4) is 0 Å². The van der Waals surface area contributed by atoms with E-state index >= 15 is 0 Å². The van der Waals surface area contributed by atoms with Gasteiger partial charge < -0.3 is 4.74 Å². The summed E-state index contributed by atoms with van der Waals surface area (Å²) in [5, 5.41) is 0. The standard InChI is InChI=1S/C12H18O3/c1-3-15-11(14)12(6-8(2)7-12)10(13)9-4-5-9/h8-9H,3-7H2,1-2H3. The molecule has 15 heavy (non-hydrogen) atoms. The Morgan fingerprint density at radius 2 is 1.93 bits per heavy atom. The predicted molar refractivity (Wildman–Crippen MR) is 55.2 cm³/mol. The van der Waals surface area contributed by atoms with E-state index in [1.165, 1.54) is 0 Å². The van der Waals surface area contributed by atoms with Gasteiger partial charge in [-0.25, -0.2) is 0 Å². The van der Waals surface area contributed by atoms with Crippen LogP contribution in [0.1, 0.15) is 39.5 Å². The van der Waals surface area contributed by atoms with Gasteiger partial charge in [0.15, 0.2) is 5.78 Å². The molecule has 0 unspecified atom stereocenters. The molecule has 0 aromatic heterocycles. The van der Waals surface area contributed by atoms with E-state index < -0.39 is 5.41 Å². The van der Waals surface area contributed by atoms with Crippen LogP contribution in [0.15, 0.2) is 0 Å². The van der Waals surface area contributed by atoms with Crippen LogP contribution in [0, 0.1) is 17.3 Å². The molecule has 3 heteroatoms. The highest BCUT2D eigenvalue weighted by Gasteiger charge is 2.58. The lowest BCUT2D eigenvalue weighted by Gasteiger charge is -2.42. The van der Waals surface area contributed by atoms with Crippen LogP contribution in [0.25, 0.3) is 0 Å². The monoisotopic (exact) mass is 210 g/mol. The molecular formula is C12H18O3.